The van der Waals surface area contributed by atoms with Gasteiger partial charge in [-0.1, -0.05) is 408 Å². The molecule has 0 aliphatic heterocycles. The molecule has 0 saturated heterocycles. The van der Waals surface area contributed by atoms with Gasteiger partial charge in [-0.3, -0.25) is 37.3 Å². The lowest BCUT2D eigenvalue weighted by molar-refractivity contribution is -0.161. The van der Waals surface area contributed by atoms with Gasteiger partial charge >= 0.3 is 39.5 Å². The molecular weight excluding hydrogens is 1380 g/mol. The fraction of sp³-hybridized carbons (Fsp3) is 0.954. The lowest BCUT2D eigenvalue weighted by Gasteiger charge is -2.21. The van der Waals surface area contributed by atoms with Gasteiger partial charge in [0.2, 0.25) is 0 Å². The number of carbonyl (C=O) groups is 4. The van der Waals surface area contributed by atoms with Crippen molar-refractivity contribution < 1.29 is 80.2 Å². The third kappa shape index (κ3) is 78.7. The van der Waals surface area contributed by atoms with Crippen LogP contribution in [-0.2, 0) is 65.4 Å². The molecule has 0 saturated carbocycles. The molecule has 19 heteroatoms. The smallest absolute Gasteiger partial charge is 0.462 e. The van der Waals surface area contributed by atoms with Crippen LogP contribution in [0, 0.1) is 17.8 Å². The van der Waals surface area contributed by atoms with Gasteiger partial charge in [-0.05, 0) is 43.4 Å². The SMILES string of the molecule is CCCCCCCCCCCCCCCCCCCCCC(=O)OC[C@H](COP(=O)(O)OC[C@@H](O)COP(=O)(O)OC[C@@H](COC(=O)CCCCCCCCCCC(C)CC)OC(=O)CCCCCCCCCCCCCCCC(C)C)OC(=O)CCCCCCCCCCCCCCCCCCC(C)C. The molecule has 106 heavy (non-hydrogen) atoms. The van der Waals surface area contributed by atoms with Gasteiger partial charge in [0.15, 0.2) is 12.2 Å². The van der Waals surface area contributed by atoms with E-state index < -0.39 is 97.5 Å². The van der Waals surface area contributed by atoms with E-state index in [2.05, 4.69) is 48.5 Å². The molecule has 0 bridgehead atoms. The minimum absolute atomic E-state index is 0.107. The number of esters is 4. The Hall–Kier alpha value is -1.94. The predicted molar refractivity (Wildman–Crippen MR) is 437 cm³/mol. The Labute approximate surface area is 651 Å². The van der Waals surface area contributed by atoms with Gasteiger partial charge in [0.05, 0.1) is 26.4 Å². The Balaban J connectivity index is 5.26. The Kier molecular flexibility index (Phi) is 75.6. The molecule has 0 aromatic rings. The number of hydrogen-bond donors (Lipinski definition) is 3. The number of ether oxygens (including phenoxy) is 4. The quantitative estimate of drug-likeness (QED) is 0.0222. The van der Waals surface area contributed by atoms with Crippen LogP contribution < -0.4 is 0 Å². The molecule has 3 N–H and O–H groups in total. The van der Waals surface area contributed by atoms with Crippen molar-refractivity contribution in [2.45, 2.75) is 478 Å². The molecular formula is C87H170O17P2. The highest BCUT2D eigenvalue weighted by Gasteiger charge is 2.31. The normalized spacial score (nSPS) is 14.1. The van der Waals surface area contributed by atoms with E-state index in [-0.39, 0.29) is 25.7 Å². The summed E-state index contributed by atoms with van der Waals surface area (Å²) < 4.78 is 69.0. The van der Waals surface area contributed by atoms with Crippen LogP contribution in [0.3, 0.4) is 0 Å². The van der Waals surface area contributed by atoms with Crippen molar-refractivity contribution in [2.75, 3.05) is 39.6 Å². The zero-order chi connectivity index (χ0) is 77.9. The third-order valence-electron chi connectivity index (χ3n) is 20.7. The summed E-state index contributed by atoms with van der Waals surface area (Å²) >= 11 is 0. The van der Waals surface area contributed by atoms with E-state index in [0.717, 1.165) is 108 Å². The first kappa shape index (κ1) is 104. The van der Waals surface area contributed by atoms with Crippen molar-refractivity contribution in [1.29, 1.82) is 0 Å². The third-order valence-corrected chi connectivity index (χ3v) is 22.6. The molecule has 0 heterocycles. The number of rotatable bonds is 85. The molecule has 0 amide bonds. The summed E-state index contributed by atoms with van der Waals surface area (Å²) in [4.78, 5) is 73.3. The van der Waals surface area contributed by atoms with Crippen LogP contribution in [0.1, 0.15) is 459 Å². The molecule has 0 fully saturated rings. The molecule has 6 atom stereocenters. The first-order valence-electron chi connectivity index (χ1n) is 44.9. The maximum absolute atomic E-state index is 13.2. The van der Waals surface area contributed by atoms with Crippen LogP contribution in [0.5, 0.6) is 0 Å². The summed E-state index contributed by atoms with van der Waals surface area (Å²) in [7, 11) is -9.93. The van der Waals surface area contributed by atoms with Crippen molar-refractivity contribution in [3.8, 4) is 0 Å². The Bertz CT molecular complexity index is 2050. The van der Waals surface area contributed by atoms with E-state index in [9.17, 15) is 43.2 Å². The molecule has 0 aliphatic carbocycles. The maximum atomic E-state index is 13.2. The lowest BCUT2D eigenvalue weighted by atomic mass is 9.99. The van der Waals surface area contributed by atoms with E-state index in [4.69, 9.17) is 37.0 Å². The zero-order valence-electron chi connectivity index (χ0n) is 69.9. The van der Waals surface area contributed by atoms with Crippen LogP contribution in [0.2, 0.25) is 0 Å². The highest BCUT2D eigenvalue weighted by atomic mass is 31.2. The molecule has 17 nitrogen and oxygen atoms in total. The Morgan fingerprint density at radius 1 is 0.274 bits per heavy atom. The van der Waals surface area contributed by atoms with Gasteiger partial charge < -0.3 is 33.8 Å². The minimum Gasteiger partial charge on any atom is -0.462 e. The highest BCUT2D eigenvalue weighted by molar-refractivity contribution is 7.47. The number of carbonyl (C=O) groups excluding carboxylic acids is 4. The molecule has 0 aliphatic rings. The standard InChI is InChI=1S/C87H170O17P2/c1-8-10-11-12-13-14-15-16-17-18-19-20-24-29-34-39-47-54-61-68-84(89)97-74-82(103-86(91)70-63-56-49-40-35-30-25-22-21-23-27-32-37-44-51-58-65-78(3)4)76-101-105(93,94)99-72-81(88)73-100-106(95,96)102-77-83(75-98-85(90)69-62-55-48-43-42-46-53-60-67-80(7)9-2)104-87(92)71-64-57-50-41-36-31-26-28-33-38-45-52-59-66-79(5)6/h78-83,88H,8-77H2,1-7H3,(H,93,94)(H,95,96)/t80?,81-,82-,83-/m1/s1. The number of aliphatic hydroxyl groups excluding tert-OH is 1. The number of aliphatic hydroxyl groups is 1. The van der Waals surface area contributed by atoms with Gasteiger partial charge in [0.25, 0.3) is 0 Å². The first-order chi connectivity index (χ1) is 51.3. The Morgan fingerprint density at radius 2 is 0.481 bits per heavy atom. The molecule has 0 spiro atoms. The molecule has 0 aromatic heterocycles. The molecule has 0 aromatic carbocycles. The van der Waals surface area contributed by atoms with E-state index in [0.29, 0.717) is 25.7 Å². The molecule has 0 rings (SSSR count). The fourth-order valence-corrected chi connectivity index (χ4v) is 15.1. The minimum atomic E-state index is -4.97. The average Bonchev–Trinajstić information content (AvgIpc) is 0.990. The van der Waals surface area contributed by atoms with Crippen LogP contribution in [0.15, 0.2) is 0 Å². The predicted octanol–water partition coefficient (Wildman–Crippen LogP) is 26.5. The molecule has 0 radical (unpaired) electrons. The van der Waals surface area contributed by atoms with Gasteiger partial charge in [0.1, 0.15) is 19.3 Å². The van der Waals surface area contributed by atoms with Gasteiger partial charge in [-0.15, -0.1) is 0 Å². The van der Waals surface area contributed by atoms with Crippen molar-refractivity contribution in [1.82, 2.24) is 0 Å². The highest BCUT2D eigenvalue weighted by Crippen LogP contribution is 2.45. The molecule has 3 unspecified atom stereocenters. The van der Waals surface area contributed by atoms with Crippen molar-refractivity contribution in [2.24, 2.45) is 17.8 Å². The van der Waals surface area contributed by atoms with E-state index in [1.807, 2.05) is 0 Å². The van der Waals surface area contributed by atoms with Crippen LogP contribution >= 0.6 is 15.6 Å². The van der Waals surface area contributed by atoms with Gasteiger partial charge in [-0.2, -0.15) is 0 Å². The summed E-state index contributed by atoms with van der Waals surface area (Å²) in [5.74, 6) is 0.270. The van der Waals surface area contributed by atoms with Crippen molar-refractivity contribution >= 4 is 39.5 Å². The maximum Gasteiger partial charge on any atom is 0.472 e. The largest absolute Gasteiger partial charge is 0.472 e. The first-order valence-corrected chi connectivity index (χ1v) is 47.9. The van der Waals surface area contributed by atoms with E-state index in [1.54, 1.807) is 0 Å². The summed E-state index contributed by atoms with van der Waals surface area (Å²) in [6.45, 7) is 12.0. The van der Waals surface area contributed by atoms with Gasteiger partial charge in [-0.25, -0.2) is 9.13 Å². The summed E-state index contributed by atoms with van der Waals surface area (Å²) in [6, 6.07) is 0. The summed E-state index contributed by atoms with van der Waals surface area (Å²) in [5, 5.41) is 10.7. The van der Waals surface area contributed by atoms with Crippen molar-refractivity contribution in [3.63, 3.8) is 0 Å². The zero-order valence-corrected chi connectivity index (χ0v) is 71.7. The number of phosphoric acid groups is 2. The van der Waals surface area contributed by atoms with Crippen LogP contribution in [0.25, 0.3) is 0 Å². The summed E-state index contributed by atoms with van der Waals surface area (Å²) in [5.41, 5.74) is 0. The second kappa shape index (κ2) is 77.0. The number of phosphoric ester groups is 2. The number of hydrogen-bond acceptors (Lipinski definition) is 15. The van der Waals surface area contributed by atoms with E-state index in [1.165, 1.54) is 270 Å². The van der Waals surface area contributed by atoms with E-state index >= 15 is 0 Å². The van der Waals surface area contributed by atoms with Crippen LogP contribution in [0.4, 0.5) is 0 Å². The topological polar surface area (TPSA) is 237 Å². The monoisotopic (exact) mass is 1550 g/mol. The van der Waals surface area contributed by atoms with Crippen molar-refractivity contribution in [3.05, 3.63) is 0 Å². The Morgan fingerprint density at radius 3 is 0.717 bits per heavy atom. The fourth-order valence-electron chi connectivity index (χ4n) is 13.5. The number of unbranched alkanes of at least 4 members (excludes halogenated alkanes) is 52. The average molecular weight is 1550 g/mol. The second-order valence-electron chi connectivity index (χ2n) is 32.5. The van der Waals surface area contributed by atoms with Gasteiger partial charge in [0, 0.05) is 25.7 Å². The summed E-state index contributed by atoms with van der Waals surface area (Å²) in [6.07, 6.45) is 68.0. The van der Waals surface area contributed by atoms with Crippen LogP contribution in [-0.4, -0.2) is 96.7 Å². The second-order valence-corrected chi connectivity index (χ2v) is 35.4. The molecule has 630 valence electrons. The lowest BCUT2D eigenvalue weighted by Crippen LogP contribution is -2.30.